The van der Waals surface area contributed by atoms with Gasteiger partial charge in [-0.05, 0) is 50.1 Å². The Labute approximate surface area is 199 Å². The van der Waals surface area contributed by atoms with Crippen LogP contribution >= 0.6 is 0 Å². The highest BCUT2D eigenvalue weighted by molar-refractivity contribution is 7.89. The summed E-state index contributed by atoms with van der Waals surface area (Å²) >= 11 is 0. The van der Waals surface area contributed by atoms with Gasteiger partial charge in [-0.3, -0.25) is 4.79 Å². The summed E-state index contributed by atoms with van der Waals surface area (Å²) in [7, 11) is -6.48. The zero-order chi connectivity index (χ0) is 24.9. The number of aryl methyl sites for hydroxylation is 1. The number of ether oxygens (including phenoxy) is 1. The van der Waals surface area contributed by atoms with Crippen molar-refractivity contribution in [2.24, 2.45) is 5.92 Å². The van der Waals surface area contributed by atoms with Crippen LogP contribution in [0.2, 0.25) is 0 Å². The van der Waals surface area contributed by atoms with Gasteiger partial charge in [0.1, 0.15) is 16.5 Å². The summed E-state index contributed by atoms with van der Waals surface area (Å²) in [5.74, 6) is -1.68. The van der Waals surface area contributed by atoms with E-state index >= 15 is 0 Å². The van der Waals surface area contributed by atoms with Gasteiger partial charge in [-0.15, -0.1) is 0 Å². The van der Waals surface area contributed by atoms with Crippen molar-refractivity contribution in [1.29, 1.82) is 0 Å². The quantitative estimate of drug-likeness (QED) is 0.492. The molecule has 1 saturated heterocycles. The maximum absolute atomic E-state index is 13.7. The van der Waals surface area contributed by atoms with Crippen molar-refractivity contribution in [3.8, 4) is 5.75 Å². The number of amides is 1. The topological polar surface area (TPSA) is 122 Å². The van der Waals surface area contributed by atoms with Crippen molar-refractivity contribution in [1.82, 2.24) is 14.3 Å². The van der Waals surface area contributed by atoms with E-state index in [0.717, 1.165) is 22.0 Å². The molecule has 1 aliphatic heterocycles. The van der Waals surface area contributed by atoms with Gasteiger partial charge < -0.3 is 10.1 Å². The van der Waals surface area contributed by atoms with Crippen LogP contribution in [0.5, 0.6) is 5.75 Å². The molecule has 0 radical (unpaired) electrons. The fraction of sp³-hybridized carbons (Fsp3) is 0.409. The average Bonchev–Trinajstić information content (AvgIpc) is 2.82. The molecule has 186 valence electrons. The summed E-state index contributed by atoms with van der Waals surface area (Å²) in [6.07, 6.45) is 0.933. The number of methoxy groups -OCH3 is 1. The first-order valence-corrected chi connectivity index (χ1v) is 13.6. The molecule has 0 bridgehead atoms. The van der Waals surface area contributed by atoms with Gasteiger partial charge in [0.25, 0.3) is 0 Å². The van der Waals surface area contributed by atoms with Crippen molar-refractivity contribution in [3.05, 3.63) is 53.8 Å². The average molecular weight is 514 g/mol. The molecular formula is C22H28FN3O6S2. The second-order valence-electron chi connectivity index (χ2n) is 8.00. The van der Waals surface area contributed by atoms with Crippen LogP contribution in [0.25, 0.3) is 0 Å². The Hall–Kier alpha value is -2.54. The Morgan fingerprint density at radius 2 is 1.82 bits per heavy atom. The largest absolute Gasteiger partial charge is 0.495 e. The molecule has 0 aliphatic carbocycles. The molecule has 12 heteroatoms. The van der Waals surface area contributed by atoms with Gasteiger partial charge in [0.05, 0.1) is 17.9 Å². The predicted molar refractivity (Wildman–Crippen MR) is 124 cm³/mol. The van der Waals surface area contributed by atoms with E-state index in [1.165, 1.54) is 25.3 Å². The number of sulfonamides is 2. The van der Waals surface area contributed by atoms with Gasteiger partial charge in [0.2, 0.25) is 26.0 Å². The Kier molecular flexibility index (Phi) is 8.29. The molecule has 1 amide bonds. The van der Waals surface area contributed by atoms with Crippen molar-refractivity contribution >= 4 is 26.0 Å². The molecule has 1 fully saturated rings. The third-order valence-electron chi connectivity index (χ3n) is 5.55. The number of rotatable bonds is 9. The number of nitrogens with zero attached hydrogens (tertiary/aromatic N) is 1. The molecule has 2 aromatic carbocycles. The van der Waals surface area contributed by atoms with Gasteiger partial charge in [-0.2, -0.15) is 4.31 Å². The lowest BCUT2D eigenvalue weighted by Gasteiger charge is -2.31. The molecule has 34 heavy (non-hydrogen) atoms. The summed E-state index contributed by atoms with van der Waals surface area (Å²) in [5.41, 5.74) is 0.936. The van der Waals surface area contributed by atoms with Crippen LogP contribution < -0.4 is 14.8 Å². The van der Waals surface area contributed by atoms with Gasteiger partial charge in [0.15, 0.2) is 0 Å². The molecule has 9 nitrogen and oxygen atoms in total. The van der Waals surface area contributed by atoms with Crippen LogP contribution in [0, 0.1) is 18.7 Å². The lowest BCUT2D eigenvalue weighted by Crippen LogP contribution is -2.46. The fourth-order valence-electron chi connectivity index (χ4n) is 3.68. The monoisotopic (exact) mass is 513 g/mol. The zero-order valence-corrected chi connectivity index (χ0v) is 20.6. The van der Waals surface area contributed by atoms with Gasteiger partial charge in [-0.25, -0.2) is 25.9 Å². The van der Waals surface area contributed by atoms with Crippen molar-refractivity contribution in [2.45, 2.75) is 29.6 Å². The Morgan fingerprint density at radius 3 is 2.50 bits per heavy atom. The third-order valence-corrected chi connectivity index (χ3v) is 8.91. The second-order valence-corrected chi connectivity index (χ2v) is 11.7. The molecule has 1 unspecified atom stereocenters. The number of carbonyl (C=O) groups excluding carboxylic acids is 1. The lowest BCUT2D eigenvalue weighted by atomic mass is 9.99. The predicted octanol–water partition coefficient (Wildman–Crippen LogP) is 1.64. The zero-order valence-electron chi connectivity index (χ0n) is 19.0. The number of benzene rings is 2. The molecule has 1 heterocycles. The fourth-order valence-corrected chi connectivity index (χ4v) is 6.40. The molecule has 1 atom stereocenters. The van der Waals surface area contributed by atoms with Crippen molar-refractivity contribution in [3.63, 3.8) is 0 Å². The first kappa shape index (κ1) is 26.1. The van der Waals surface area contributed by atoms with Crippen molar-refractivity contribution < 1.29 is 30.8 Å². The summed E-state index contributed by atoms with van der Waals surface area (Å²) in [6.45, 7) is 2.01. The second kappa shape index (κ2) is 10.8. The number of hydrogen-bond donors (Lipinski definition) is 2. The maximum atomic E-state index is 13.7. The van der Waals surface area contributed by atoms with E-state index in [4.69, 9.17) is 4.74 Å². The van der Waals surface area contributed by atoms with E-state index in [2.05, 4.69) is 10.0 Å². The summed E-state index contributed by atoms with van der Waals surface area (Å²) in [6, 6.07) is 9.64. The minimum absolute atomic E-state index is 0.0167. The summed E-state index contributed by atoms with van der Waals surface area (Å²) in [5, 5.41) is 2.66. The number of halogens is 1. The highest BCUT2D eigenvalue weighted by Crippen LogP contribution is 2.30. The number of carbonyl (C=O) groups is 1. The SMILES string of the molecule is COc1ccc(F)cc1S(=O)(=O)N1CCCC(C(=O)NCCNS(=O)(=O)c2ccc(C)cc2)C1. The van der Waals surface area contributed by atoms with Crippen LogP contribution in [0.1, 0.15) is 18.4 Å². The lowest BCUT2D eigenvalue weighted by molar-refractivity contribution is -0.126. The smallest absolute Gasteiger partial charge is 0.246 e. The van der Waals surface area contributed by atoms with E-state index in [0.29, 0.717) is 12.8 Å². The highest BCUT2D eigenvalue weighted by Gasteiger charge is 2.35. The van der Waals surface area contributed by atoms with E-state index in [-0.39, 0.29) is 47.6 Å². The Balaban J connectivity index is 1.57. The van der Waals surface area contributed by atoms with E-state index < -0.39 is 31.8 Å². The van der Waals surface area contributed by atoms with Gasteiger partial charge in [0, 0.05) is 26.2 Å². The van der Waals surface area contributed by atoms with Crippen LogP contribution in [0.3, 0.4) is 0 Å². The minimum atomic E-state index is -4.08. The molecule has 2 N–H and O–H groups in total. The van der Waals surface area contributed by atoms with Crippen LogP contribution in [0.15, 0.2) is 52.3 Å². The highest BCUT2D eigenvalue weighted by atomic mass is 32.2. The minimum Gasteiger partial charge on any atom is -0.495 e. The van der Waals surface area contributed by atoms with E-state index in [1.54, 1.807) is 12.1 Å². The normalized spacial score (nSPS) is 17.3. The molecule has 0 aromatic heterocycles. The van der Waals surface area contributed by atoms with Crippen molar-refractivity contribution in [2.75, 3.05) is 33.3 Å². The molecule has 3 rings (SSSR count). The standard InChI is InChI=1S/C22H28FN3O6S2/c1-16-5-8-19(9-6-16)33(28,29)25-12-11-24-22(27)17-4-3-13-26(15-17)34(30,31)21-14-18(23)7-10-20(21)32-2/h5-10,14,17,25H,3-4,11-13,15H2,1-2H3,(H,24,27). The molecule has 1 aliphatic rings. The third kappa shape index (κ3) is 6.12. The van der Waals surface area contributed by atoms with E-state index in [9.17, 15) is 26.0 Å². The van der Waals surface area contributed by atoms with E-state index in [1.807, 2.05) is 6.92 Å². The number of hydrogen-bond acceptors (Lipinski definition) is 6. The Morgan fingerprint density at radius 1 is 1.12 bits per heavy atom. The summed E-state index contributed by atoms with van der Waals surface area (Å²) in [4.78, 5) is 12.5. The number of piperidine rings is 1. The molecule has 2 aromatic rings. The summed E-state index contributed by atoms with van der Waals surface area (Å²) < 4.78 is 73.2. The van der Waals surface area contributed by atoms with Gasteiger partial charge in [-0.1, -0.05) is 17.7 Å². The van der Waals surface area contributed by atoms with Crippen LogP contribution in [-0.2, 0) is 24.8 Å². The molecular weight excluding hydrogens is 485 g/mol. The van der Waals surface area contributed by atoms with Crippen LogP contribution in [-0.4, -0.2) is 60.3 Å². The van der Waals surface area contributed by atoms with Crippen LogP contribution in [0.4, 0.5) is 4.39 Å². The first-order valence-electron chi connectivity index (χ1n) is 10.7. The Bertz CT molecular complexity index is 1230. The molecule has 0 spiro atoms. The first-order chi connectivity index (χ1) is 16.0. The molecule has 0 saturated carbocycles. The number of nitrogens with one attached hydrogen (secondary N) is 2. The van der Waals surface area contributed by atoms with Gasteiger partial charge >= 0.3 is 0 Å². The maximum Gasteiger partial charge on any atom is 0.246 e.